The number of hydrogen-bond donors (Lipinski definition) is 2. The Morgan fingerprint density at radius 1 is 1.09 bits per heavy atom. The fourth-order valence-corrected chi connectivity index (χ4v) is 8.21. The van der Waals surface area contributed by atoms with Gasteiger partial charge in [-0.15, -0.1) is 0 Å². The second-order valence-electron chi connectivity index (χ2n) is 13.2. The molecular formula is C34H40BrN7O3. The maximum absolute atomic E-state index is 14.3. The first-order valence-corrected chi connectivity index (χ1v) is 17.0. The van der Waals surface area contributed by atoms with Gasteiger partial charge in [-0.3, -0.25) is 18.7 Å². The molecule has 1 saturated heterocycles. The molecule has 236 valence electrons. The molecule has 5 heterocycles. The topological polar surface area (TPSA) is 114 Å². The molecule has 1 spiro atoms. The SMILES string of the molecule is CC(=O)c1cn2c3c(cc(-c4cnc5cc(C)nn5c4)cc13)CCCCCCCNCC1CC13CC[C@@H](C(=O)NBr)N3C(=O)C2. The van der Waals surface area contributed by atoms with Crippen molar-refractivity contribution in [1.82, 2.24) is 33.7 Å². The molecule has 2 amide bonds. The number of nitrogens with one attached hydrogen (secondary N) is 2. The molecule has 1 aliphatic carbocycles. The molecule has 10 nitrogen and oxygen atoms in total. The zero-order valence-corrected chi connectivity index (χ0v) is 27.5. The Morgan fingerprint density at radius 2 is 1.91 bits per heavy atom. The third kappa shape index (κ3) is 5.48. The summed E-state index contributed by atoms with van der Waals surface area (Å²) in [5, 5.41) is 9.03. The van der Waals surface area contributed by atoms with Crippen LogP contribution in [0.2, 0.25) is 0 Å². The molecule has 45 heavy (non-hydrogen) atoms. The van der Waals surface area contributed by atoms with Crippen molar-refractivity contribution in [1.29, 1.82) is 0 Å². The molecule has 3 aromatic heterocycles. The largest absolute Gasteiger partial charge is 0.337 e. The molecule has 2 fully saturated rings. The smallest absolute Gasteiger partial charge is 0.252 e. The number of ketones is 1. The van der Waals surface area contributed by atoms with Gasteiger partial charge in [0, 0.05) is 69.4 Å². The first-order valence-electron chi connectivity index (χ1n) is 16.2. The number of Topliss-reactive ketones (excluding diaryl/α,β-unsaturated/α-hetero) is 1. The minimum absolute atomic E-state index is 0.0461. The Balaban J connectivity index is 1.33. The zero-order valence-electron chi connectivity index (χ0n) is 25.9. The highest BCUT2D eigenvalue weighted by Gasteiger charge is 2.64. The van der Waals surface area contributed by atoms with Crippen LogP contribution in [-0.4, -0.2) is 66.3 Å². The fourth-order valence-electron chi connectivity index (χ4n) is 7.94. The van der Waals surface area contributed by atoms with E-state index in [2.05, 4.69) is 48.0 Å². The van der Waals surface area contributed by atoms with Crippen molar-refractivity contribution in [2.24, 2.45) is 5.92 Å². The van der Waals surface area contributed by atoms with Crippen LogP contribution >= 0.6 is 16.1 Å². The molecule has 1 saturated carbocycles. The van der Waals surface area contributed by atoms with Gasteiger partial charge in [0.25, 0.3) is 5.91 Å². The van der Waals surface area contributed by atoms with Crippen LogP contribution in [0.15, 0.2) is 36.8 Å². The monoisotopic (exact) mass is 673 g/mol. The lowest BCUT2D eigenvalue weighted by Gasteiger charge is -2.31. The van der Waals surface area contributed by atoms with Gasteiger partial charge in [0.2, 0.25) is 5.91 Å². The molecule has 1 aromatic carbocycles. The van der Waals surface area contributed by atoms with Crippen LogP contribution in [0.1, 0.15) is 79.9 Å². The predicted octanol–water partition coefficient (Wildman–Crippen LogP) is 5.13. The highest BCUT2D eigenvalue weighted by molar-refractivity contribution is 9.08. The zero-order chi connectivity index (χ0) is 31.3. The standard InChI is InChI=1S/C34H40BrN7O3/c1-21-12-30-37-16-25(18-41(30)39-21)24-13-23-8-6-4-3-5-7-11-36-17-26-15-34(26)10-9-29(33(45)38-35)42(34)31(44)20-40-19-28(22(2)43)27(14-24)32(23)40/h12-14,16,18-19,26,29,36H,3-11,15,17,20H2,1-2H3,(H,38,45)/t26?,29-,34?/m0/s1. The number of amides is 2. The van der Waals surface area contributed by atoms with Crippen LogP contribution in [0, 0.1) is 12.8 Å². The lowest BCUT2D eigenvalue weighted by atomic mass is 9.96. The third-order valence-corrected chi connectivity index (χ3v) is 10.6. The van der Waals surface area contributed by atoms with Gasteiger partial charge in [0.15, 0.2) is 11.4 Å². The Kier molecular flexibility index (Phi) is 8.02. The molecule has 2 aliphatic heterocycles. The van der Waals surface area contributed by atoms with Crippen molar-refractivity contribution in [3.63, 3.8) is 0 Å². The van der Waals surface area contributed by atoms with Gasteiger partial charge in [-0.1, -0.05) is 19.3 Å². The Bertz CT molecular complexity index is 1810. The fraction of sp³-hybridized carbons (Fsp3) is 0.500. The van der Waals surface area contributed by atoms with Crippen LogP contribution in [0.4, 0.5) is 0 Å². The molecule has 11 heteroatoms. The highest BCUT2D eigenvalue weighted by atomic mass is 79.9. The summed E-state index contributed by atoms with van der Waals surface area (Å²) in [7, 11) is 0. The van der Waals surface area contributed by atoms with E-state index in [9.17, 15) is 14.4 Å². The first kappa shape index (κ1) is 30.1. The maximum Gasteiger partial charge on any atom is 0.252 e. The molecule has 7 rings (SSSR count). The van der Waals surface area contributed by atoms with Crippen molar-refractivity contribution in [3.8, 4) is 11.1 Å². The second-order valence-corrected chi connectivity index (χ2v) is 13.6. The average Bonchev–Trinajstić information content (AvgIpc) is 3.27. The van der Waals surface area contributed by atoms with E-state index < -0.39 is 6.04 Å². The van der Waals surface area contributed by atoms with E-state index in [0.29, 0.717) is 17.9 Å². The highest BCUT2D eigenvalue weighted by Crippen LogP contribution is 2.57. The minimum atomic E-state index is -0.516. The van der Waals surface area contributed by atoms with Gasteiger partial charge in [0.1, 0.15) is 12.6 Å². The predicted molar refractivity (Wildman–Crippen MR) is 176 cm³/mol. The van der Waals surface area contributed by atoms with Gasteiger partial charge in [-0.05, 0) is 88.1 Å². The lowest BCUT2D eigenvalue weighted by Crippen LogP contribution is -2.50. The van der Waals surface area contributed by atoms with Crippen molar-refractivity contribution in [2.75, 3.05) is 13.1 Å². The minimum Gasteiger partial charge on any atom is -0.337 e. The number of nitrogens with zero attached hydrogens (tertiary/aromatic N) is 5. The molecule has 2 unspecified atom stereocenters. The summed E-state index contributed by atoms with van der Waals surface area (Å²) in [6.07, 6.45) is 14.5. The summed E-state index contributed by atoms with van der Waals surface area (Å²) in [4.78, 5) is 46.9. The average molecular weight is 675 g/mol. The van der Waals surface area contributed by atoms with E-state index >= 15 is 0 Å². The van der Waals surface area contributed by atoms with Gasteiger partial charge >= 0.3 is 0 Å². The quantitative estimate of drug-likeness (QED) is 0.230. The van der Waals surface area contributed by atoms with Crippen molar-refractivity contribution in [2.45, 2.75) is 89.8 Å². The summed E-state index contributed by atoms with van der Waals surface area (Å²) in [6.45, 7) is 5.44. The lowest BCUT2D eigenvalue weighted by molar-refractivity contribution is -0.141. The van der Waals surface area contributed by atoms with Crippen molar-refractivity contribution < 1.29 is 14.4 Å². The molecule has 0 radical (unpaired) electrons. The number of benzene rings is 1. The van der Waals surface area contributed by atoms with Gasteiger partial charge in [-0.2, -0.15) is 5.10 Å². The van der Waals surface area contributed by atoms with E-state index in [1.54, 1.807) is 11.4 Å². The molecule has 3 aliphatic rings. The van der Waals surface area contributed by atoms with Crippen LogP contribution < -0.4 is 9.66 Å². The van der Waals surface area contributed by atoms with Gasteiger partial charge < -0.3 is 14.8 Å². The molecule has 0 bridgehead atoms. The molecule has 3 atom stereocenters. The van der Waals surface area contributed by atoms with Gasteiger partial charge in [-0.25, -0.2) is 9.50 Å². The van der Waals surface area contributed by atoms with E-state index in [1.807, 2.05) is 41.0 Å². The number of aryl methyl sites for hydroxylation is 2. The molecule has 2 N–H and O–H groups in total. The molecule has 4 aromatic rings. The van der Waals surface area contributed by atoms with Crippen molar-refractivity contribution in [3.05, 3.63) is 53.6 Å². The number of hydrogen-bond acceptors (Lipinski definition) is 6. The summed E-state index contributed by atoms with van der Waals surface area (Å²) in [5.74, 6) is 0.0262. The van der Waals surface area contributed by atoms with E-state index in [1.165, 1.54) is 12.8 Å². The normalized spacial score (nSPS) is 24.3. The Labute approximate surface area is 271 Å². The summed E-state index contributed by atoms with van der Waals surface area (Å²) in [6, 6.07) is 5.68. The molecular weight excluding hydrogens is 634 g/mol. The first-order chi connectivity index (χ1) is 21.8. The number of carbonyl (C=O) groups excluding carboxylic acids is 3. The number of halogens is 1. The summed E-state index contributed by atoms with van der Waals surface area (Å²) in [5.41, 5.74) is 5.91. The van der Waals surface area contributed by atoms with E-state index in [-0.39, 0.29) is 29.7 Å². The number of carbonyl (C=O) groups is 3. The van der Waals surface area contributed by atoms with E-state index in [0.717, 1.165) is 90.5 Å². The maximum atomic E-state index is 14.3. The van der Waals surface area contributed by atoms with Crippen LogP contribution in [0.3, 0.4) is 0 Å². The number of fused-ring (bicyclic) bond motifs is 1. The summed E-state index contributed by atoms with van der Waals surface area (Å²) < 4.78 is 6.37. The van der Waals surface area contributed by atoms with Crippen LogP contribution in [-0.2, 0) is 22.6 Å². The van der Waals surface area contributed by atoms with E-state index in [4.69, 9.17) is 0 Å². The van der Waals surface area contributed by atoms with Crippen LogP contribution in [0.25, 0.3) is 27.7 Å². The third-order valence-electron chi connectivity index (χ3n) is 10.2. The Morgan fingerprint density at radius 3 is 2.73 bits per heavy atom. The van der Waals surface area contributed by atoms with Crippen LogP contribution in [0.5, 0.6) is 0 Å². The number of aromatic nitrogens is 4. The summed E-state index contributed by atoms with van der Waals surface area (Å²) >= 11 is 3.12. The van der Waals surface area contributed by atoms with Crippen molar-refractivity contribution >= 4 is 50.3 Å². The second kappa shape index (κ2) is 12.0. The Hall–Kier alpha value is -3.57. The number of rotatable bonds is 3. The van der Waals surface area contributed by atoms with Gasteiger partial charge in [0.05, 0.1) is 11.2 Å².